The molecule has 2 heterocycles. The Kier molecular flexibility index (Phi) is 4.48. The number of hydrogen-bond donors (Lipinski definition) is 1. The van der Waals surface area contributed by atoms with Gasteiger partial charge >= 0.3 is 0 Å². The Bertz CT molecular complexity index is 492. The predicted octanol–water partition coefficient (Wildman–Crippen LogP) is 2.45. The first-order valence-electron chi connectivity index (χ1n) is 5.43. The summed E-state index contributed by atoms with van der Waals surface area (Å²) in [6.45, 7) is 2.31. The van der Waals surface area contributed by atoms with E-state index in [1.807, 2.05) is 12.1 Å². The number of rotatable bonds is 5. The molecule has 1 amide bonds. The molecule has 0 aliphatic rings. The fraction of sp³-hybridized carbons (Fsp3) is 0.364. The highest BCUT2D eigenvalue weighted by Gasteiger charge is 2.07. The minimum atomic E-state index is -0.0182. The molecule has 0 bridgehead atoms. The molecule has 18 heavy (non-hydrogen) atoms. The van der Waals surface area contributed by atoms with Gasteiger partial charge in [0.05, 0.1) is 10.3 Å². The van der Waals surface area contributed by atoms with Gasteiger partial charge in [-0.2, -0.15) is 4.98 Å². The molecule has 0 spiro atoms. The molecule has 0 aliphatic carbocycles. The Balaban J connectivity index is 1.72. The highest BCUT2D eigenvalue weighted by atomic mass is 79.9. The number of carbonyl (C=O) groups excluding carboxylic acids is 1. The molecule has 0 fully saturated rings. The van der Waals surface area contributed by atoms with E-state index in [1.54, 1.807) is 18.3 Å². The molecular weight excluding hydrogens is 318 g/mol. The molecule has 2 rings (SSSR count). The minimum Gasteiger partial charge on any atom is -0.351 e. The van der Waals surface area contributed by atoms with Gasteiger partial charge in [0, 0.05) is 17.7 Å². The minimum absolute atomic E-state index is 0.0182. The Morgan fingerprint density at radius 3 is 3.00 bits per heavy atom. The number of thiophene rings is 1. The Morgan fingerprint density at radius 2 is 2.39 bits per heavy atom. The maximum absolute atomic E-state index is 11.6. The number of aromatic nitrogens is 2. The lowest BCUT2D eigenvalue weighted by Crippen LogP contribution is -2.22. The summed E-state index contributed by atoms with van der Waals surface area (Å²) in [4.78, 5) is 16.8. The largest absolute Gasteiger partial charge is 0.351 e. The van der Waals surface area contributed by atoms with Crippen LogP contribution in [0, 0.1) is 6.92 Å². The van der Waals surface area contributed by atoms with Crippen LogP contribution >= 0.6 is 27.3 Å². The third-order valence-electron chi connectivity index (χ3n) is 2.22. The summed E-state index contributed by atoms with van der Waals surface area (Å²) < 4.78 is 6.00. The molecule has 0 saturated heterocycles. The van der Waals surface area contributed by atoms with Crippen molar-refractivity contribution in [3.63, 3.8) is 0 Å². The summed E-state index contributed by atoms with van der Waals surface area (Å²) >= 11 is 4.99. The predicted molar refractivity (Wildman–Crippen MR) is 71.2 cm³/mol. The number of hydrogen-bond acceptors (Lipinski definition) is 5. The normalized spacial score (nSPS) is 10.6. The van der Waals surface area contributed by atoms with Crippen LogP contribution in [0.3, 0.4) is 0 Å². The zero-order chi connectivity index (χ0) is 13.0. The van der Waals surface area contributed by atoms with Crippen molar-refractivity contribution in [1.29, 1.82) is 0 Å². The average molecular weight is 330 g/mol. The van der Waals surface area contributed by atoms with Crippen molar-refractivity contribution in [3.8, 4) is 0 Å². The van der Waals surface area contributed by atoms with Gasteiger partial charge in [-0.1, -0.05) is 5.16 Å². The standard InChI is InChI=1S/C11H12BrN3O2S/c1-7-14-11(17-15-7)5-4-10(16)13-6-8-2-3-9(12)18-8/h2-3H,4-6H2,1H3,(H,13,16). The lowest BCUT2D eigenvalue weighted by atomic mass is 10.3. The molecule has 5 nitrogen and oxygen atoms in total. The molecule has 0 unspecified atom stereocenters. The highest BCUT2D eigenvalue weighted by Crippen LogP contribution is 2.21. The van der Waals surface area contributed by atoms with E-state index in [0.29, 0.717) is 31.1 Å². The van der Waals surface area contributed by atoms with Gasteiger partial charge in [0.15, 0.2) is 5.82 Å². The summed E-state index contributed by atoms with van der Waals surface area (Å²) in [5.74, 6) is 1.07. The lowest BCUT2D eigenvalue weighted by Gasteiger charge is -2.01. The Morgan fingerprint density at radius 1 is 1.56 bits per heavy atom. The van der Waals surface area contributed by atoms with Crippen LogP contribution in [0.5, 0.6) is 0 Å². The molecule has 96 valence electrons. The van der Waals surface area contributed by atoms with Gasteiger partial charge in [-0.05, 0) is 35.0 Å². The van der Waals surface area contributed by atoms with E-state index in [4.69, 9.17) is 4.52 Å². The van der Waals surface area contributed by atoms with E-state index in [9.17, 15) is 4.79 Å². The molecular formula is C11H12BrN3O2S. The van der Waals surface area contributed by atoms with Crippen molar-refractivity contribution < 1.29 is 9.32 Å². The quantitative estimate of drug-likeness (QED) is 0.914. The maximum Gasteiger partial charge on any atom is 0.227 e. The van der Waals surface area contributed by atoms with Gasteiger partial charge < -0.3 is 9.84 Å². The summed E-state index contributed by atoms with van der Waals surface area (Å²) in [6, 6.07) is 3.95. The summed E-state index contributed by atoms with van der Waals surface area (Å²) in [5, 5.41) is 6.52. The first-order chi connectivity index (χ1) is 8.63. The van der Waals surface area contributed by atoms with Crippen LogP contribution in [0.1, 0.15) is 23.0 Å². The van der Waals surface area contributed by atoms with Crippen molar-refractivity contribution in [2.45, 2.75) is 26.3 Å². The fourth-order valence-corrected chi connectivity index (χ4v) is 2.81. The number of halogens is 1. The molecule has 0 radical (unpaired) electrons. The second-order valence-corrected chi connectivity index (χ2v) is 6.27. The van der Waals surface area contributed by atoms with Crippen LogP contribution in [-0.4, -0.2) is 16.0 Å². The number of nitrogens with one attached hydrogen (secondary N) is 1. The van der Waals surface area contributed by atoms with Crippen molar-refractivity contribution in [2.24, 2.45) is 0 Å². The molecule has 2 aromatic heterocycles. The summed E-state index contributed by atoms with van der Waals surface area (Å²) in [5.41, 5.74) is 0. The zero-order valence-electron chi connectivity index (χ0n) is 9.77. The van der Waals surface area contributed by atoms with Crippen LogP contribution in [0.2, 0.25) is 0 Å². The maximum atomic E-state index is 11.6. The number of aryl methyl sites for hydroxylation is 2. The van der Waals surface area contributed by atoms with Gasteiger partial charge in [-0.15, -0.1) is 11.3 Å². The van der Waals surface area contributed by atoms with E-state index in [1.165, 1.54) is 0 Å². The van der Waals surface area contributed by atoms with Crippen molar-refractivity contribution in [2.75, 3.05) is 0 Å². The third kappa shape index (κ3) is 3.92. The van der Waals surface area contributed by atoms with Crippen LogP contribution in [0.25, 0.3) is 0 Å². The molecule has 7 heteroatoms. The molecule has 2 aromatic rings. The second-order valence-electron chi connectivity index (χ2n) is 3.72. The topological polar surface area (TPSA) is 68.0 Å². The summed E-state index contributed by atoms with van der Waals surface area (Å²) in [7, 11) is 0. The van der Waals surface area contributed by atoms with Crippen LogP contribution in [0.4, 0.5) is 0 Å². The Hall–Kier alpha value is -1.21. The number of amides is 1. The first kappa shape index (κ1) is 13.2. The van der Waals surface area contributed by atoms with Gasteiger partial charge in [-0.25, -0.2) is 0 Å². The van der Waals surface area contributed by atoms with Gasteiger partial charge in [0.25, 0.3) is 0 Å². The SMILES string of the molecule is Cc1noc(CCC(=O)NCc2ccc(Br)s2)n1. The van der Waals surface area contributed by atoms with E-state index < -0.39 is 0 Å². The van der Waals surface area contributed by atoms with Crippen LogP contribution < -0.4 is 5.32 Å². The first-order valence-corrected chi connectivity index (χ1v) is 7.04. The molecule has 0 saturated carbocycles. The van der Waals surface area contributed by atoms with Gasteiger partial charge in [0.2, 0.25) is 11.8 Å². The third-order valence-corrected chi connectivity index (χ3v) is 3.85. The molecule has 0 aliphatic heterocycles. The zero-order valence-corrected chi connectivity index (χ0v) is 12.2. The molecule has 1 N–H and O–H groups in total. The fourth-order valence-electron chi connectivity index (χ4n) is 1.38. The van der Waals surface area contributed by atoms with Crippen molar-refractivity contribution >= 4 is 33.2 Å². The van der Waals surface area contributed by atoms with E-state index in [0.717, 1.165) is 8.66 Å². The van der Waals surface area contributed by atoms with Crippen LogP contribution in [-0.2, 0) is 17.8 Å². The number of nitrogens with zero attached hydrogens (tertiary/aromatic N) is 2. The van der Waals surface area contributed by atoms with Crippen molar-refractivity contribution in [1.82, 2.24) is 15.5 Å². The van der Waals surface area contributed by atoms with Crippen molar-refractivity contribution in [3.05, 3.63) is 32.5 Å². The Labute approximate surface area is 117 Å². The molecule has 0 atom stereocenters. The lowest BCUT2D eigenvalue weighted by molar-refractivity contribution is -0.121. The average Bonchev–Trinajstić information content (AvgIpc) is 2.93. The summed E-state index contributed by atoms with van der Waals surface area (Å²) in [6.07, 6.45) is 0.828. The van der Waals surface area contributed by atoms with Gasteiger partial charge in [0.1, 0.15) is 0 Å². The second kappa shape index (κ2) is 6.10. The van der Waals surface area contributed by atoms with E-state index in [-0.39, 0.29) is 5.91 Å². The van der Waals surface area contributed by atoms with E-state index in [2.05, 4.69) is 31.4 Å². The monoisotopic (exact) mass is 329 g/mol. The highest BCUT2D eigenvalue weighted by molar-refractivity contribution is 9.11. The number of carbonyl (C=O) groups is 1. The smallest absolute Gasteiger partial charge is 0.227 e. The van der Waals surface area contributed by atoms with Gasteiger partial charge in [-0.3, -0.25) is 4.79 Å². The van der Waals surface area contributed by atoms with Crippen LogP contribution in [0.15, 0.2) is 20.4 Å². The van der Waals surface area contributed by atoms with E-state index >= 15 is 0 Å². The molecule has 0 aromatic carbocycles.